The highest BCUT2D eigenvalue weighted by Gasteiger charge is 2.32. The molecular formula is C33H43BrN4O5S2. The minimum Gasteiger partial charge on any atom is -0.490 e. The number of benzene rings is 1. The van der Waals surface area contributed by atoms with Gasteiger partial charge in [-0.2, -0.15) is 0 Å². The normalized spacial score (nSPS) is 20.5. The zero-order chi connectivity index (χ0) is 32.1. The van der Waals surface area contributed by atoms with Crippen LogP contribution in [0.25, 0.3) is 11.3 Å². The van der Waals surface area contributed by atoms with Gasteiger partial charge >= 0.3 is 11.9 Å². The van der Waals surface area contributed by atoms with Crippen LogP contribution in [0.15, 0.2) is 39.6 Å². The van der Waals surface area contributed by atoms with Crippen LogP contribution in [-0.2, 0) is 14.3 Å². The molecule has 6 rings (SSSR count). The van der Waals surface area contributed by atoms with Gasteiger partial charge in [0.15, 0.2) is 10.3 Å². The quantitative estimate of drug-likeness (QED) is 0.224. The van der Waals surface area contributed by atoms with Gasteiger partial charge in [0.2, 0.25) is 0 Å². The molecule has 0 spiro atoms. The van der Waals surface area contributed by atoms with Gasteiger partial charge in [0.05, 0.1) is 31.7 Å². The van der Waals surface area contributed by atoms with E-state index in [1.807, 2.05) is 5.38 Å². The van der Waals surface area contributed by atoms with Crippen molar-refractivity contribution in [3.8, 4) is 17.0 Å². The molecule has 2 saturated heterocycles. The summed E-state index contributed by atoms with van der Waals surface area (Å²) >= 11 is 6.55. The van der Waals surface area contributed by atoms with Gasteiger partial charge in [-0.05, 0) is 77.2 Å². The maximum Gasteiger partial charge on any atom is 0.305 e. The van der Waals surface area contributed by atoms with E-state index in [4.69, 9.17) is 14.8 Å². The Hall–Kier alpha value is -2.70. The van der Waals surface area contributed by atoms with E-state index in [1.165, 1.54) is 20.0 Å². The van der Waals surface area contributed by atoms with Crippen LogP contribution in [0.4, 0.5) is 10.3 Å². The van der Waals surface area contributed by atoms with Gasteiger partial charge < -0.3 is 24.4 Å². The molecular weight excluding hydrogens is 676 g/mol. The summed E-state index contributed by atoms with van der Waals surface area (Å²) in [5.74, 6) is 1.55. The first-order chi connectivity index (χ1) is 21.5. The van der Waals surface area contributed by atoms with Crippen molar-refractivity contribution in [3.05, 3.63) is 39.6 Å². The lowest BCUT2D eigenvalue weighted by molar-refractivity contribution is -0.142. The first kappa shape index (κ1) is 33.7. The number of carbonyl (C=O) groups excluding carboxylic acids is 1. The number of ether oxygens (including phenoxy) is 2. The predicted octanol–water partition coefficient (Wildman–Crippen LogP) is 7.61. The van der Waals surface area contributed by atoms with Gasteiger partial charge in [0, 0.05) is 54.3 Å². The summed E-state index contributed by atoms with van der Waals surface area (Å²) in [6, 6.07) is 8.27. The lowest BCUT2D eigenvalue weighted by Gasteiger charge is -2.38. The molecule has 3 aromatic rings. The van der Waals surface area contributed by atoms with E-state index in [0.717, 1.165) is 76.8 Å². The molecule has 45 heavy (non-hydrogen) atoms. The van der Waals surface area contributed by atoms with E-state index in [0.29, 0.717) is 23.9 Å². The Morgan fingerprint density at radius 1 is 0.911 bits per heavy atom. The minimum absolute atomic E-state index is 0.125. The lowest BCUT2D eigenvalue weighted by Crippen LogP contribution is -2.47. The SMILES string of the molecule is CC(C)(C)C1CCC(Oc2ccc(-c3csc(N4CC(CC(=O)O)C4)n3)cc2)CC1.COC(=O)CC1CN(c2nc(Br)cs2)C1. The third-order valence-electron chi connectivity index (χ3n) is 8.91. The second-order valence-corrected chi connectivity index (χ2v) is 15.9. The molecule has 1 aromatic carbocycles. The molecule has 0 unspecified atom stereocenters. The highest BCUT2D eigenvalue weighted by atomic mass is 79.9. The molecule has 1 N–H and O–H groups in total. The van der Waals surface area contributed by atoms with Gasteiger partial charge in [-0.3, -0.25) is 9.59 Å². The number of rotatable bonds is 9. The summed E-state index contributed by atoms with van der Waals surface area (Å²) in [6.45, 7) is 10.4. The zero-order valence-electron chi connectivity index (χ0n) is 26.4. The van der Waals surface area contributed by atoms with Gasteiger partial charge in [0.25, 0.3) is 0 Å². The van der Waals surface area contributed by atoms with Gasteiger partial charge in [-0.1, -0.05) is 20.8 Å². The molecule has 0 amide bonds. The maximum absolute atomic E-state index is 11.0. The smallest absolute Gasteiger partial charge is 0.305 e. The number of aromatic nitrogens is 2. The molecule has 244 valence electrons. The predicted molar refractivity (Wildman–Crippen MR) is 183 cm³/mol. The zero-order valence-corrected chi connectivity index (χ0v) is 29.6. The molecule has 12 heteroatoms. The van der Waals surface area contributed by atoms with Crippen molar-refractivity contribution >= 4 is 60.8 Å². The van der Waals surface area contributed by atoms with Crippen LogP contribution in [0.3, 0.4) is 0 Å². The number of halogens is 1. The van der Waals surface area contributed by atoms with Crippen molar-refractivity contribution in [2.24, 2.45) is 23.2 Å². The fourth-order valence-electron chi connectivity index (χ4n) is 6.15. The fraction of sp³-hybridized carbons (Fsp3) is 0.576. The molecule has 9 nitrogen and oxygen atoms in total. The standard InChI is InChI=1S/C24H32N2O3S.C9H11BrN2O2S/c1-24(2,3)18-6-10-20(11-7-18)29-19-8-4-17(5-9-19)21-15-30-23(25-21)26-13-16(14-26)12-22(27)28;1-14-8(13)2-6-3-12(4-6)9-11-7(10)5-15-9/h4-5,8-9,15-16,18,20H,6-7,10-14H2,1-3H3,(H,27,28);5-6H,2-4H2,1H3. The average Bonchev–Trinajstić information content (AvgIpc) is 3.62. The molecule has 1 aliphatic carbocycles. The van der Waals surface area contributed by atoms with Crippen LogP contribution in [0.1, 0.15) is 59.3 Å². The molecule has 2 aromatic heterocycles. The van der Waals surface area contributed by atoms with Crippen molar-refractivity contribution in [1.82, 2.24) is 9.97 Å². The first-order valence-electron chi connectivity index (χ1n) is 15.6. The molecule has 2 aliphatic heterocycles. The topological polar surface area (TPSA) is 105 Å². The monoisotopic (exact) mass is 718 g/mol. The van der Waals surface area contributed by atoms with Gasteiger partial charge in [-0.15, -0.1) is 22.7 Å². The summed E-state index contributed by atoms with van der Waals surface area (Å²) in [7, 11) is 1.43. The summed E-state index contributed by atoms with van der Waals surface area (Å²) < 4.78 is 11.7. The second-order valence-electron chi connectivity index (χ2n) is 13.4. The van der Waals surface area contributed by atoms with Crippen LogP contribution in [0.5, 0.6) is 5.75 Å². The molecule has 3 aliphatic rings. The van der Waals surface area contributed by atoms with E-state index in [-0.39, 0.29) is 18.3 Å². The Morgan fingerprint density at radius 2 is 1.49 bits per heavy atom. The van der Waals surface area contributed by atoms with Crippen LogP contribution in [0.2, 0.25) is 0 Å². The molecule has 0 radical (unpaired) electrons. The number of carboxylic acid groups (broad SMARTS) is 1. The Bertz CT molecular complexity index is 1420. The van der Waals surface area contributed by atoms with Crippen LogP contribution in [-0.4, -0.2) is 66.4 Å². The van der Waals surface area contributed by atoms with E-state index >= 15 is 0 Å². The van der Waals surface area contributed by atoms with Crippen LogP contribution < -0.4 is 14.5 Å². The average molecular weight is 720 g/mol. The van der Waals surface area contributed by atoms with Crippen molar-refractivity contribution in [3.63, 3.8) is 0 Å². The molecule has 0 atom stereocenters. The molecule has 1 saturated carbocycles. The summed E-state index contributed by atoms with van der Waals surface area (Å²) in [5.41, 5.74) is 2.45. The second kappa shape index (κ2) is 14.8. The number of methoxy groups -OCH3 is 1. The van der Waals surface area contributed by atoms with Gasteiger partial charge in [-0.25, -0.2) is 9.97 Å². The van der Waals surface area contributed by atoms with E-state index in [2.05, 4.69) is 85.9 Å². The number of carbonyl (C=O) groups is 2. The third kappa shape index (κ3) is 9.19. The van der Waals surface area contributed by atoms with Crippen LogP contribution >= 0.6 is 38.6 Å². The number of carboxylic acids is 1. The van der Waals surface area contributed by atoms with Crippen molar-refractivity contribution in [2.45, 2.75) is 65.4 Å². The number of anilines is 2. The van der Waals surface area contributed by atoms with Crippen molar-refractivity contribution < 1.29 is 24.2 Å². The van der Waals surface area contributed by atoms with Crippen LogP contribution in [0, 0.1) is 23.2 Å². The fourth-order valence-corrected chi connectivity index (χ4v) is 8.28. The summed E-state index contributed by atoms with van der Waals surface area (Å²) in [4.78, 5) is 35.2. The molecule has 3 fully saturated rings. The highest BCUT2D eigenvalue weighted by Crippen LogP contribution is 2.39. The first-order valence-corrected chi connectivity index (χ1v) is 18.1. The minimum atomic E-state index is -0.718. The highest BCUT2D eigenvalue weighted by molar-refractivity contribution is 9.10. The van der Waals surface area contributed by atoms with Gasteiger partial charge in [0.1, 0.15) is 10.4 Å². The van der Waals surface area contributed by atoms with Crippen molar-refractivity contribution in [1.29, 1.82) is 0 Å². The number of hydrogen-bond donors (Lipinski definition) is 1. The number of thiazole rings is 2. The lowest BCUT2D eigenvalue weighted by atomic mass is 9.72. The number of hydrogen-bond acceptors (Lipinski definition) is 10. The largest absolute Gasteiger partial charge is 0.490 e. The Balaban J connectivity index is 0.000000223. The maximum atomic E-state index is 11.0. The number of esters is 1. The summed E-state index contributed by atoms with van der Waals surface area (Å²) in [5, 5.41) is 14.9. The van der Waals surface area contributed by atoms with E-state index < -0.39 is 5.97 Å². The summed E-state index contributed by atoms with van der Waals surface area (Å²) in [6.07, 6.45) is 5.85. The Morgan fingerprint density at radius 3 is 2.02 bits per heavy atom. The van der Waals surface area contributed by atoms with E-state index in [9.17, 15) is 9.59 Å². The number of aliphatic carboxylic acids is 1. The number of nitrogens with zero attached hydrogens (tertiary/aromatic N) is 4. The van der Waals surface area contributed by atoms with Crippen molar-refractivity contribution in [2.75, 3.05) is 43.1 Å². The Labute approximate surface area is 282 Å². The molecule has 4 heterocycles. The van der Waals surface area contributed by atoms with E-state index in [1.54, 1.807) is 22.7 Å². The molecule has 0 bridgehead atoms. The third-order valence-corrected chi connectivity index (χ3v) is 11.4. The Kier molecular flexibility index (Phi) is 11.1.